The number of hydrogen-bond donors (Lipinski definition) is 0. The minimum absolute atomic E-state index is 0.126. The Kier molecular flexibility index (Phi) is 2.88. The average Bonchev–Trinajstić information content (AvgIpc) is 1.82. The van der Waals surface area contributed by atoms with Gasteiger partial charge in [0, 0.05) is 6.07 Å². The molecular formula is C6HCl3FNO. The molecule has 0 atom stereocenters. The van der Waals surface area contributed by atoms with Crippen molar-refractivity contribution in [3.8, 4) is 0 Å². The van der Waals surface area contributed by atoms with Gasteiger partial charge >= 0.3 is 0 Å². The third-order valence-corrected chi connectivity index (χ3v) is 1.75. The second-order valence-electron chi connectivity index (χ2n) is 1.87. The molecule has 0 saturated heterocycles. The lowest BCUT2D eigenvalue weighted by atomic mass is 10.3. The highest BCUT2D eigenvalue weighted by molar-refractivity contribution is 6.68. The number of hydrogen-bond acceptors (Lipinski definition) is 2. The van der Waals surface area contributed by atoms with E-state index in [1.165, 1.54) is 0 Å². The van der Waals surface area contributed by atoms with Crippen molar-refractivity contribution in [3.05, 3.63) is 27.8 Å². The first-order valence-electron chi connectivity index (χ1n) is 2.73. The van der Waals surface area contributed by atoms with Gasteiger partial charge in [0.25, 0.3) is 5.24 Å². The van der Waals surface area contributed by atoms with E-state index in [4.69, 9.17) is 34.8 Å². The van der Waals surface area contributed by atoms with Crippen LogP contribution in [0.5, 0.6) is 0 Å². The van der Waals surface area contributed by atoms with E-state index in [-0.39, 0.29) is 10.3 Å². The highest BCUT2D eigenvalue weighted by Crippen LogP contribution is 2.21. The molecule has 0 amide bonds. The number of pyridine rings is 1. The maximum absolute atomic E-state index is 12.8. The first-order chi connectivity index (χ1) is 5.52. The van der Waals surface area contributed by atoms with E-state index in [1.807, 2.05) is 0 Å². The summed E-state index contributed by atoms with van der Waals surface area (Å²) in [6, 6.07) is 0.864. The van der Waals surface area contributed by atoms with Crippen LogP contribution in [0.3, 0.4) is 0 Å². The lowest BCUT2D eigenvalue weighted by Gasteiger charge is -1.99. The molecule has 0 radical (unpaired) electrons. The van der Waals surface area contributed by atoms with E-state index in [9.17, 15) is 9.18 Å². The Labute approximate surface area is 82.3 Å². The summed E-state index contributed by atoms with van der Waals surface area (Å²) in [7, 11) is 0. The molecule has 0 fully saturated rings. The number of nitrogens with zero attached hydrogens (tertiary/aromatic N) is 1. The van der Waals surface area contributed by atoms with E-state index in [2.05, 4.69) is 4.98 Å². The van der Waals surface area contributed by atoms with Gasteiger partial charge in [-0.05, 0) is 11.6 Å². The summed E-state index contributed by atoms with van der Waals surface area (Å²) in [5, 5.41) is -1.46. The molecule has 0 aliphatic rings. The van der Waals surface area contributed by atoms with Crippen molar-refractivity contribution >= 4 is 40.0 Å². The molecule has 0 N–H and O–H groups in total. The maximum atomic E-state index is 12.8. The number of halogens is 4. The summed E-state index contributed by atoms with van der Waals surface area (Å²) in [4.78, 5) is 14.0. The standard InChI is InChI=1S/C6HCl3FNO/c7-3-1-2(10)4(6(9)12)5(8)11-3/h1H. The van der Waals surface area contributed by atoms with E-state index in [0.29, 0.717) is 0 Å². The zero-order chi connectivity index (χ0) is 9.30. The number of carbonyl (C=O) groups is 1. The van der Waals surface area contributed by atoms with Gasteiger partial charge in [-0.15, -0.1) is 0 Å². The van der Waals surface area contributed by atoms with Crippen molar-refractivity contribution in [2.45, 2.75) is 0 Å². The second-order valence-corrected chi connectivity index (χ2v) is 2.95. The minimum atomic E-state index is -0.998. The Balaban J connectivity index is 3.38. The Morgan fingerprint density at radius 2 is 2.08 bits per heavy atom. The highest BCUT2D eigenvalue weighted by Gasteiger charge is 2.15. The largest absolute Gasteiger partial charge is 0.275 e. The molecule has 0 unspecified atom stereocenters. The fraction of sp³-hybridized carbons (Fsp3) is 0. The Bertz CT molecular complexity index is 319. The lowest BCUT2D eigenvalue weighted by molar-refractivity contribution is 0.107. The number of rotatable bonds is 1. The van der Waals surface area contributed by atoms with Gasteiger partial charge in [-0.2, -0.15) is 0 Å². The summed E-state index contributed by atoms with van der Waals surface area (Å²) in [5.74, 6) is -0.875. The summed E-state index contributed by atoms with van der Waals surface area (Å²) < 4.78 is 12.8. The molecule has 12 heavy (non-hydrogen) atoms. The fourth-order valence-corrected chi connectivity index (χ4v) is 1.35. The van der Waals surface area contributed by atoms with Crippen LogP contribution in [0.25, 0.3) is 0 Å². The summed E-state index contributed by atoms with van der Waals surface area (Å²) in [6.07, 6.45) is 0. The molecule has 6 heteroatoms. The monoisotopic (exact) mass is 227 g/mol. The van der Waals surface area contributed by atoms with Crippen LogP contribution in [-0.2, 0) is 0 Å². The Morgan fingerprint density at radius 1 is 1.50 bits per heavy atom. The van der Waals surface area contributed by atoms with Crippen LogP contribution in [0.2, 0.25) is 10.3 Å². The SMILES string of the molecule is O=C(Cl)c1c(F)cc(Cl)nc1Cl. The number of aromatic nitrogens is 1. The van der Waals surface area contributed by atoms with Crippen LogP contribution < -0.4 is 0 Å². The molecule has 0 aliphatic heterocycles. The van der Waals surface area contributed by atoms with Gasteiger partial charge in [-0.1, -0.05) is 23.2 Å². The van der Waals surface area contributed by atoms with Crippen molar-refractivity contribution in [1.29, 1.82) is 0 Å². The van der Waals surface area contributed by atoms with Crippen LogP contribution in [0.4, 0.5) is 4.39 Å². The smallest absolute Gasteiger partial charge is 0.258 e. The molecule has 0 aromatic carbocycles. The third kappa shape index (κ3) is 1.86. The molecule has 0 aliphatic carbocycles. The molecule has 2 nitrogen and oxygen atoms in total. The van der Waals surface area contributed by atoms with E-state index in [1.54, 1.807) is 0 Å². The van der Waals surface area contributed by atoms with Crippen LogP contribution in [-0.4, -0.2) is 10.2 Å². The van der Waals surface area contributed by atoms with Crippen molar-refractivity contribution in [2.75, 3.05) is 0 Å². The molecule has 0 bridgehead atoms. The zero-order valence-corrected chi connectivity index (χ0v) is 7.71. The molecule has 64 valence electrons. The van der Waals surface area contributed by atoms with Gasteiger partial charge in [-0.3, -0.25) is 4.79 Å². The van der Waals surface area contributed by atoms with Crippen LogP contribution in [0.15, 0.2) is 6.07 Å². The van der Waals surface area contributed by atoms with Gasteiger partial charge in [0.2, 0.25) is 0 Å². The van der Waals surface area contributed by atoms with Gasteiger partial charge in [0.05, 0.1) is 0 Å². The molecule has 1 aromatic heterocycles. The summed E-state index contributed by atoms with van der Waals surface area (Å²) in [5.41, 5.74) is -0.456. The van der Waals surface area contributed by atoms with E-state index >= 15 is 0 Å². The van der Waals surface area contributed by atoms with Crippen molar-refractivity contribution < 1.29 is 9.18 Å². The average molecular weight is 228 g/mol. The maximum Gasteiger partial charge on any atom is 0.258 e. The van der Waals surface area contributed by atoms with Crippen molar-refractivity contribution in [2.24, 2.45) is 0 Å². The molecule has 1 heterocycles. The van der Waals surface area contributed by atoms with Crippen LogP contribution in [0, 0.1) is 5.82 Å². The summed E-state index contributed by atoms with van der Waals surface area (Å²) in [6.45, 7) is 0. The second kappa shape index (κ2) is 3.56. The Hall–Kier alpha value is -0.380. The zero-order valence-electron chi connectivity index (χ0n) is 5.44. The minimum Gasteiger partial charge on any atom is -0.275 e. The quantitative estimate of drug-likeness (QED) is 0.546. The van der Waals surface area contributed by atoms with Crippen LogP contribution >= 0.6 is 34.8 Å². The van der Waals surface area contributed by atoms with E-state index in [0.717, 1.165) is 6.07 Å². The van der Waals surface area contributed by atoms with Gasteiger partial charge in [0.1, 0.15) is 21.7 Å². The molecule has 1 aromatic rings. The molecular weight excluding hydrogens is 227 g/mol. The predicted octanol–water partition coefficient (Wildman–Crippen LogP) is 2.91. The first kappa shape index (κ1) is 9.71. The topological polar surface area (TPSA) is 30.0 Å². The van der Waals surface area contributed by atoms with Crippen molar-refractivity contribution in [3.63, 3.8) is 0 Å². The summed E-state index contributed by atoms with van der Waals surface area (Å²) >= 11 is 15.7. The molecule has 1 rings (SSSR count). The predicted molar refractivity (Wildman–Crippen MR) is 44.4 cm³/mol. The normalized spacial score (nSPS) is 10.0. The van der Waals surface area contributed by atoms with Crippen LogP contribution in [0.1, 0.15) is 10.4 Å². The number of carbonyl (C=O) groups excluding carboxylic acids is 1. The third-order valence-electron chi connectivity index (χ3n) is 1.09. The first-order valence-corrected chi connectivity index (χ1v) is 3.87. The fourth-order valence-electron chi connectivity index (χ4n) is 0.632. The molecule has 0 saturated carbocycles. The molecule has 0 spiro atoms. The highest BCUT2D eigenvalue weighted by atomic mass is 35.5. The Morgan fingerprint density at radius 3 is 2.50 bits per heavy atom. The van der Waals surface area contributed by atoms with E-state index < -0.39 is 16.6 Å². The van der Waals surface area contributed by atoms with Crippen molar-refractivity contribution in [1.82, 2.24) is 4.98 Å². The van der Waals surface area contributed by atoms with Gasteiger partial charge < -0.3 is 0 Å². The van der Waals surface area contributed by atoms with Gasteiger partial charge in [-0.25, -0.2) is 9.37 Å². The lowest BCUT2D eigenvalue weighted by Crippen LogP contribution is -1.98. The van der Waals surface area contributed by atoms with Gasteiger partial charge in [0.15, 0.2) is 0 Å².